The monoisotopic (exact) mass is 275 g/mol. The van der Waals surface area contributed by atoms with Crippen LogP contribution in [0.3, 0.4) is 0 Å². The molecule has 0 spiro atoms. The van der Waals surface area contributed by atoms with E-state index in [0.29, 0.717) is 11.6 Å². The molecule has 1 aromatic carbocycles. The first-order valence-electron chi connectivity index (χ1n) is 7.08. The second kappa shape index (κ2) is 5.65. The Kier molecular flexibility index (Phi) is 4.12. The summed E-state index contributed by atoms with van der Waals surface area (Å²) in [5.41, 5.74) is 1.44. The van der Waals surface area contributed by atoms with E-state index in [1.54, 1.807) is 12.1 Å². The Morgan fingerprint density at radius 2 is 1.80 bits per heavy atom. The molecule has 1 aliphatic rings. The van der Waals surface area contributed by atoms with Crippen LogP contribution in [0.25, 0.3) is 0 Å². The average Bonchev–Trinajstić information content (AvgIpc) is 2.31. The number of amides is 1. The molecule has 20 heavy (non-hydrogen) atoms. The van der Waals surface area contributed by atoms with Crippen LogP contribution in [0.4, 0.5) is 0 Å². The first-order valence-corrected chi connectivity index (χ1v) is 7.08. The van der Waals surface area contributed by atoms with Crippen LogP contribution in [-0.2, 0) is 0 Å². The maximum atomic E-state index is 12.7. The number of carboxylic acid groups (broad SMARTS) is 1. The number of aryl methyl sites for hydroxylation is 1. The van der Waals surface area contributed by atoms with E-state index in [4.69, 9.17) is 5.11 Å². The van der Waals surface area contributed by atoms with Gasteiger partial charge in [-0.15, -0.1) is 0 Å². The molecule has 1 saturated carbocycles. The van der Waals surface area contributed by atoms with Crippen LogP contribution in [0.2, 0.25) is 0 Å². The number of carboxylic acids is 1. The van der Waals surface area contributed by atoms with Gasteiger partial charge in [0, 0.05) is 17.6 Å². The predicted molar refractivity (Wildman–Crippen MR) is 77.1 cm³/mol. The summed E-state index contributed by atoms with van der Waals surface area (Å²) in [6.45, 7) is 5.82. The molecular weight excluding hydrogens is 254 g/mol. The molecule has 0 radical (unpaired) electrons. The maximum absolute atomic E-state index is 12.7. The molecule has 0 unspecified atom stereocenters. The van der Waals surface area contributed by atoms with Crippen LogP contribution in [0.5, 0.6) is 0 Å². The highest BCUT2D eigenvalue weighted by atomic mass is 16.4. The largest absolute Gasteiger partial charge is 0.478 e. The molecule has 108 valence electrons. The second-order valence-corrected chi connectivity index (χ2v) is 5.78. The minimum Gasteiger partial charge on any atom is -0.478 e. The number of nitrogens with zero attached hydrogens (tertiary/aromatic N) is 1. The minimum atomic E-state index is -0.998. The third-order valence-corrected chi connectivity index (χ3v) is 3.83. The van der Waals surface area contributed by atoms with Gasteiger partial charge in [-0.2, -0.15) is 0 Å². The van der Waals surface area contributed by atoms with Gasteiger partial charge in [0.05, 0.1) is 5.56 Å². The van der Waals surface area contributed by atoms with Gasteiger partial charge in [-0.1, -0.05) is 0 Å². The third-order valence-electron chi connectivity index (χ3n) is 3.83. The summed E-state index contributed by atoms with van der Waals surface area (Å²) in [5.74, 6) is -1.06. The lowest BCUT2D eigenvalue weighted by Crippen LogP contribution is -2.48. The van der Waals surface area contributed by atoms with Gasteiger partial charge in [0.15, 0.2) is 0 Å². The molecular formula is C16H21NO3. The molecule has 0 bridgehead atoms. The van der Waals surface area contributed by atoms with Crippen molar-refractivity contribution in [1.29, 1.82) is 0 Å². The lowest BCUT2D eigenvalue weighted by Gasteiger charge is -2.40. The molecule has 0 aliphatic heterocycles. The summed E-state index contributed by atoms with van der Waals surface area (Å²) in [5, 5.41) is 9.10. The molecule has 1 N–H and O–H groups in total. The Bertz CT molecular complexity index is 533. The van der Waals surface area contributed by atoms with Gasteiger partial charge >= 0.3 is 5.97 Å². The lowest BCUT2D eigenvalue weighted by molar-refractivity contribution is 0.0489. The van der Waals surface area contributed by atoms with Crippen molar-refractivity contribution in [2.75, 3.05) is 0 Å². The number of carbonyl (C=O) groups excluding carboxylic acids is 1. The molecule has 1 amide bonds. The molecule has 1 aliphatic carbocycles. The van der Waals surface area contributed by atoms with Gasteiger partial charge in [-0.3, -0.25) is 4.79 Å². The predicted octanol–water partition coefficient (Wildman–Crippen LogP) is 3.10. The zero-order valence-electron chi connectivity index (χ0n) is 12.2. The standard InChI is InChI=1S/C16H21NO3/c1-10(2)17(14-5-4-6-14)15(18)12-7-11(3)8-13(9-12)16(19)20/h7-10,14H,4-6H2,1-3H3,(H,19,20). The zero-order chi connectivity index (χ0) is 14.9. The number of rotatable bonds is 4. The topological polar surface area (TPSA) is 57.6 Å². The van der Waals surface area contributed by atoms with Crippen LogP contribution in [0, 0.1) is 6.92 Å². The number of hydrogen-bond acceptors (Lipinski definition) is 2. The van der Waals surface area contributed by atoms with Gasteiger partial charge in [-0.05, 0) is 63.8 Å². The van der Waals surface area contributed by atoms with Gasteiger partial charge in [0.2, 0.25) is 0 Å². The molecule has 4 heteroatoms. The lowest BCUT2D eigenvalue weighted by atomic mass is 9.89. The Balaban J connectivity index is 2.33. The van der Waals surface area contributed by atoms with Gasteiger partial charge in [0.1, 0.15) is 0 Å². The number of benzene rings is 1. The van der Waals surface area contributed by atoms with E-state index in [2.05, 4.69) is 0 Å². The summed E-state index contributed by atoms with van der Waals surface area (Å²) in [4.78, 5) is 25.7. The molecule has 2 rings (SSSR count). The van der Waals surface area contributed by atoms with E-state index in [-0.39, 0.29) is 17.5 Å². The smallest absolute Gasteiger partial charge is 0.335 e. The van der Waals surface area contributed by atoms with Crippen LogP contribution in [0.1, 0.15) is 59.4 Å². The van der Waals surface area contributed by atoms with Crippen LogP contribution in [0.15, 0.2) is 18.2 Å². The minimum absolute atomic E-state index is 0.0594. The van der Waals surface area contributed by atoms with Crippen LogP contribution < -0.4 is 0 Å². The molecule has 1 aromatic rings. The van der Waals surface area contributed by atoms with Crippen molar-refractivity contribution in [2.24, 2.45) is 0 Å². The summed E-state index contributed by atoms with van der Waals surface area (Å²) in [6, 6.07) is 5.26. The second-order valence-electron chi connectivity index (χ2n) is 5.78. The SMILES string of the molecule is Cc1cc(C(=O)O)cc(C(=O)N(C(C)C)C2CCC2)c1. The fraction of sp³-hybridized carbons (Fsp3) is 0.500. The highest BCUT2D eigenvalue weighted by Crippen LogP contribution is 2.28. The van der Waals surface area contributed by atoms with Crippen molar-refractivity contribution in [2.45, 2.75) is 52.1 Å². The van der Waals surface area contributed by atoms with Crippen molar-refractivity contribution >= 4 is 11.9 Å². The Morgan fingerprint density at radius 1 is 1.20 bits per heavy atom. The van der Waals surface area contributed by atoms with E-state index in [9.17, 15) is 9.59 Å². The van der Waals surface area contributed by atoms with Gasteiger partial charge < -0.3 is 10.0 Å². The molecule has 0 heterocycles. The highest BCUT2D eigenvalue weighted by Gasteiger charge is 2.31. The zero-order valence-corrected chi connectivity index (χ0v) is 12.2. The number of hydrogen-bond donors (Lipinski definition) is 1. The summed E-state index contributed by atoms with van der Waals surface area (Å²) < 4.78 is 0. The third kappa shape index (κ3) is 2.84. The first-order chi connectivity index (χ1) is 9.40. The Hall–Kier alpha value is -1.84. The summed E-state index contributed by atoms with van der Waals surface area (Å²) in [6.07, 6.45) is 3.25. The summed E-state index contributed by atoms with van der Waals surface area (Å²) >= 11 is 0. The Labute approximate surface area is 119 Å². The number of carbonyl (C=O) groups is 2. The molecule has 0 aromatic heterocycles. The van der Waals surface area contributed by atoms with E-state index in [0.717, 1.165) is 24.8 Å². The summed E-state index contributed by atoms with van der Waals surface area (Å²) in [7, 11) is 0. The van der Waals surface area contributed by atoms with E-state index < -0.39 is 5.97 Å². The highest BCUT2D eigenvalue weighted by molar-refractivity contribution is 5.98. The fourth-order valence-electron chi connectivity index (χ4n) is 2.67. The molecule has 4 nitrogen and oxygen atoms in total. The fourth-order valence-corrected chi connectivity index (χ4v) is 2.67. The molecule has 0 atom stereocenters. The van der Waals surface area contributed by atoms with E-state index in [1.165, 1.54) is 6.07 Å². The average molecular weight is 275 g/mol. The van der Waals surface area contributed by atoms with E-state index >= 15 is 0 Å². The number of aromatic carboxylic acids is 1. The van der Waals surface area contributed by atoms with E-state index in [1.807, 2.05) is 25.7 Å². The van der Waals surface area contributed by atoms with Crippen LogP contribution in [-0.4, -0.2) is 34.0 Å². The quantitative estimate of drug-likeness (QED) is 0.918. The molecule has 1 fully saturated rings. The van der Waals surface area contributed by atoms with Crippen molar-refractivity contribution in [3.05, 3.63) is 34.9 Å². The van der Waals surface area contributed by atoms with Crippen molar-refractivity contribution in [3.63, 3.8) is 0 Å². The van der Waals surface area contributed by atoms with Crippen molar-refractivity contribution in [3.8, 4) is 0 Å². The maximum Gasteiger partial charge on any atom is 0.335 e. The Morgan fingerprint density at radius 3 is 2.25 bits per heavy atom. The van der Waals surface area contributed by atoms with Crippen molar-refractivity contribution < 1.29 is 14.7 Å². The van der Waals surface area contributed by atoms with Gasteiger partial charge in [0.25, 0.3) is 5.91 Å². The normalized spacial score (nSPS) is 15.0. The van der Waals surface area contributed by atoms with Gasteiger partial charge in [-0.25, -0.2) is 4.79 Å². The van der Waals surface area contributed by atoms with Crippen LogP contribution >= 0.6 is 0 Å². The molecule has 0 saturated heterocycles. The van der Waals surface area contributed by atoms with Crippen molar-refractivity contribution in [1.82, 2.24) is 4.90 Å². The first kappa shape index (κ1) is 14.6.